The number of anilines is 1. The number of aromatic nitrogens is 2. The first-order valence-electron chi connectivity index (χ1n) is 6.31. The summed E-state index contributed by atoms with van der Waals surface area (Å²) in [6, 6.07) is 5.85. The van der Waals surface area contributed by atoms with Crippen LogP contribution in [0.3, 0.4) is 0 Å². The molecule has 0 radical (unpaired) electrons. The second-order valence-corrected chi connectivity index (χ2v) is 4.94. The molecule has 0 amide bonds. The summed E-state index contributed by atoms with van der Waals surface area (Å²) in [5.74, 6) is -0.234. The Balaban J connectivity index is 2.31. The van der Waals surface area contributed by atoms with Gasteiger partial charge in [-0.05, 0) is 39.0 Å². The molecule has 0 fully saturated rings. The average Bonchev–Trinajstić information content (AvgIpc) is 2.85. The monoisotopic (exact) mass is 261 g/mol. The molecule has 1 heterocycles. The zero-order chi connectivity index (χ0) is 14.0. The van der Waals surface area contributed by atoms with Crippen molar-refractivity contribution in [1.29, 1.82) is 0 Å². The maximum atomic E-state index is 12.0. The van der Waals surface area contributed by atoms with E-state index in [1.807, 2.05) is 50.9 Å². The van der Waals surface area contributed by atoms with Gasteiger partial charge in [0.05, 0.1) is 24.0 Å². The van der Waals surface area contributed by atoms with Crippen molar-refractivity contribution in [1.82, 2.24) is 9.97 Å². The van der Waals surface area contributed by atoms with Crippen LogP contribution in [0.4, 0.5) is 5.69 Å². The number of hydrogen-bond acceptors (Lipinski definition) is 4. The van der Waals surface area contributed by atoms with E-state index < -0.39 is 5.54 Å². The van der Waals surface area contributed by atoms with Gasteiger partial charge in [-0.2, -0.15) is 0 Å². The number of ether oxygens (including phenoxy) is 1. The molecule has 2 aromatic rings. The number of aromatic amines is 1. The Morgan fingerprint density at radius 2 is 2.21 bits per heavy atom. The molecule has 2 rings (SSSR count). The molecule has 0 bridgehead atoms. The Kier molecular flexibility index (Phi) is 3.46. The Bertz CT molecular complexity index is 589. The van der Waals surface area contributed by atoms with Crippen molar-refractivity contribution in [2.45, 2.75) is 26.3 Å². The number of nitrogens with one attached hydrogen (secondary N) is 1. The highest BCUT2D eigenvalue weighted by Gasteiger charge is 2.34. The molecule has 0 spiro atoms. The van der Waals surface area contributed by atoms with E-state index in [-0.39, 0.29) is 5.97 Å². The number of carbonyl (C=O) groups is 1. The quantitative estimate of drug-likeness (QED) is 0.858. The third-order valence-electron chi connectivity index (χ3n) is 3.40. The first-order valence-corrected chi connectivity index (χ1v) is 6.31. The maximum Gasteiger partial charge on any atom is 0.331 e. The summed E-state index contributed by atoms with van der Waals surface area (Å²) in [7, 11) is 1.88. The van der Waals surface area contributed by atoms with Gasteiger partial charge >= 0.3 is 5.97 Å². The average molecular weight is 261 g/mol. The molecule has 0 unspecified atom stereocenters. The summed E-state index contributed by atoms with van der Waals surface area (Å²) in [6.07, 6.45) is 1.66. The molecule has 0 aliphatic heterocycles. The van der Waals surface area contributed by atoms with Gasteiger partial charge in [0.1, 0.15) is 5.54 Å². The van der Waals surface area contributed by atoms with Crippen LogP contribution in [0, 0.1) is 0 Å². The minimum absolute atomic E-state index is 0.234. The number of carbonyl (C=O) groups excluding carboxylic acids is 1. The maximum absolute atomic E-state index is 12.0. The fourth-order valence-corrected chi connectivity index (χ4v) is 1.90. The van der Waals surface area contributed by atoms with Crippen molar-refractivity contribution in [3.63, 3.8) is 0 Å². The standard InChI is InChI=1S/C14H19N3O2/c1-5-19-13(18)14(2,3)17(4)10-6-7-11-12(8-10)16-9-15-11/h6-9H,5H2,1-4H3,(H,15,16). The van der Waals surface area contributed by atoms with E-state index in [0.29, 0.717) is 6.61 Å². The number of imidazole rings is 1. The first-order chi connectivity index (χ1) is 8.96. The lowest BCUT2D eigenvalue weighted by molar-refractivity contribution is -0.148. The molecule has 5 nitrogen and oxygen atoms in total. The lowest BCUT2D eigenvalue weighted by atomic mass is 10.0. The van der Waals surface area contributed by atoms with E-state index in [2.05, 4.69) is 9.97 Å². The molecule has 0 aliphatic rings. The van der Waals surface area contributed by atoms with Crippen LogP contribution in [0.25, 0.3) is 11.0 Å². The largest absolute Gasteiger partial charge is 0.464 e. The van der Waals surface area contributed by atoms with Crippen LogP contribution in [-0.2, 0) is 9.53 Å². The zero-order valence-corrected chi connectivity index (χ0v) is 11.7. The van der Waals surface area contributed by atoms with Crippen LogP contribution in [0.1, 0.15) is 20.8 Å². The van der Waals surface area contributed by atoms with Crippen molar-refractivity contribution < 1.29 is 9.53 Å². The van der Waals surface area contributed by atoms with Gasteiger partial charge in [-0.25, -0.2) is 9.78 Å². The molecule has 0 aliphatic carbocycles. The molecule has 1 N–H and O–H groups in total. The molecule has 1 aromatic heterocycles. The predicted molar refractivity (Wildman–Crippen MR) is 75.2 cm³/mol. The number of likely N-dealkylation sites (N-methyl/N-ethyl adjacent to an activating group) is 1. The topological polar surface area (TPSA) is 58.2 Å². The van der Waals surface area contributed by atoms with Gasteiger partial charge in [0.25, 0.3) is 0 Å². The van der Waals surface area contributed by atoms with Crippen molar-refractivity contribution in [3.8, 4) is 0 Å². The lowest BCUT2D eigenvalue weighted by Gasteiger charge is -2.35. The highest BCUT2D eigenvalue weighted by Crippen LogP contribution is 2.25. The SMILES string of the molecule is CCOC(=O)C(C)(C)N(C)c1ccc2nc[nH]c2c1. The zero-order valence-electron chi connectivity index (χ0n) is 11.7. The fourth-order valence-electron chi connectivity index (χ4n) is 1.90. The second-order valence-electron chi connectivity index (χ2n) is 4.94. The molecule has 0 atom stereocenters. The first kappa shape index (κ1) is 13.4. The number of H-pyrrole nitrogens is 1. The van der Waals surface area contributed by atoms with Crippen LogP contribution in [-0.4, -0.2) is 35.1 Å². The van der Waals surface area contributed by atoms with Gasteiger partial charge in [-0.3, -0.25) is 0 Å². The third kappa shape index (κ3) is 2.41. The van der Waals surface area contributed by atoms with E-state index in [1.165, 1.54) is 0 Å². The molecule has 0 saturated heterocycles. The van der Waals surface area contributed by atoms with Gasteiger partial charge in [0.15, 0.2) is 0 Å². The highest BCUT2D eigenvalue weighted by atomic mass is 16.5. The summed E-state index contributed by atoms with van der Waals surface area (Å²) in [6.45, 7) is 5.89. The number of rotatable bonds is 4. The summed E-state index contributed by atoms with van der Waals surface area (Å²) in [5, 5.41) is 0. The third-order valence-corrected chi connectivity index (χ3v) is 3.40. The molecular formula is C14H19N3O2. The highest BCUT2D eigenvalue weighted by molar-refractivity contribution is 5.86. The van der Waals surface area contributed by atoms with Crippen molar-refractivity contribution >= 4 is 22.7 Å². The summed E-state index contributed by atoms with van der Waals surface area (Å²) < 4.78 is 5.12. The fraction of sp³-hybridized carbons (Fsp3) is 0.429. The number of esters is 1. The van der Waals surface area contributed by atoms with Crippen molar-refractivity contribution in [2.75, 3.05) is 18.6 Å². The van der Waals surface area contributed by atoms with Crippen molar-refractivity contribution in [3.05, 3.63) is 24.5 Å². The predicted octanol–water partition coefficient (Wildman–Crippen LogP) is 2.34. The molecule has 1 aromatic carbocycles. The van der Waals surface area contributed by atoms with E-state index in [1.54, 1.807) is 6.33 Å². The van der Waals surface area contributed by atoms with Crippen LogP contribution >= 0.6 is 0 Å². The van der Waals surface area contributed by atoms with Gasteiger partial charge < -0.3 is 14.6 Å². The molecule has 0 saturated carbocycles. The van der Waals surface area contributed by atoms with Gasteiger partial charge in [0, 0.05) is 12.7 Å². The molecule has 5 heteroatoms. The molecule has 19 heavy (non-hydrogen) atoms. The van der Waals surface area contributed by atoms with E-state index in [0.717, 1.165) is 16.7 Å². The Hall–Kier alpha value is -2.04. The van der Waals surface area contributed by atoms with Crippen molar-refractivity contribution in [2.24, 2.45) is 0 Å². The molecular weight excluding hydrogens is 242 g/mol. The summed E-state index contributed by atoms with van der Waals surface area (Å²) in [5.41, 5.74) is 2.08. The van der Waals surface area contributed by atoms with Crippen LogP contribution in [0.5, 0.6) is 0 Å². The van der Waals surface area contributed by atoms with Crippen LogP contribution < -0.4 is 4.90 Å². The van der Waals surface area contributed by atoms with Gasteiger partial charge in [-0.1, -0.05) is 0 Å². The Morgan fingerprint density at radius 1 is 1.47 bits per heavy atom. The Morgan fingerprint density at radius 3 is 2.89 bits per heavy atom. The van der Waals surface area contributed by atoms with E-state index in [9.17, 15) is 4.79 Å². The van der Waals surface area contributed by atoms with Gasteiger partial charge in [-0.15, -0.1) is 0 Å². The minimum atomic E-state index is -0.719. The number of nitrogens with zero attached hydrogens (tertiary/aromatic N) is 2. The number of hydrogen-bond donors (Lipinski definition) is 1. The van der Waals surface area contributed by atoms with E-state index >= 15 is 0 Å². The van der Waals surface area contributed by atoms with Gasteiger partial charge in [0.2, 0.25) is 0 Å². The van der Waals surface area contributed by atoms with E-state index in [4.69, 9.17) is 4.74 Å². The smallest absolute Gasteiger partial charge is 0.331 e. The summed E-state index contributed by atoms with van der Waals surface area (Å²) >= 11 is 0. The van der Waals surface area contributed by atoms with Crippen LogP contribution in [0.2, 0.25) is 0 Å². The second kappa shape index (κ2) is 4.91. The minimum Gasteiger partial charge on any atom is -0.464 e. The number of fused-ring (bicyclic) bond motifs is 1. The normalized spacial score (nSPS) is 11.6. The molecule has 102 valence electrons. The number of benzene rings is 1. The van der Waals surface area contributed by atoms with Crippen LogP contribution in [0.15, 0.2) is 24.5 Å². The Labute approximate surface area is 112 Å². The lowest BCUT2D eigenvalue weighted by Crippen LogP contribution is -2.49. The summed E-state index contributed by atoms with van der Waals surface area (Å²) in [4.78, 5) is 21.2.